The van der Waals surface area contributed by atoms with Gasteiger partial charge in [-0.3, -0.25) is 20.4 Å². The van der Waals surface area contributed by atoms with Gasteiger partial charge in [-0.15, -0.1) is 0 Å². The lowest BCUT2D eigenvalue weighted by atomic mass is 10.1. The van der Waals surface area contributed by atoms with Crippen molar-refractivity contribution in [3.8, 4) is 0 Å². The Hall–Kier alpha value is -2.33. The molecule has 112 valence electrons. The number of carbonyl (C=O) groups excluding carboxylic acids is 2. The van der Waals surface area contributed by atoms with E-state index in [0.29, 0.717) is 16.1 Å². The van der Waals surface area contributed by atoms with Crippen LogP contribution in [0.15, 0.2) is 42.5 Å². The second-order valence-corrected chi connectivity index (χ2v) is 5.69. The molecular weight excluding hydrogens is 300 g/mol. The average Bonchev–Trinajstić information content (AvgIpc) is 2.99. The second-order valence-electron chi connectivity index (χ2n) is 5.26. The van der Waals surface area contributed by atoms with Crippen LogP contribution in [0, 0.1) is 0 Å². The third kappa shape index (κ3) is 3.12. The van der Waals surface area contributed by atoms with Gasteiger partial charge in [0.2, 0.25) is 0 Å². The van der Waals surface area contributed by atoms with Gasteiger partial charge in [-0.1, -0.05) is 23.7 Å². The molecule has 0 aromatic heterocycles. The van der Waals surface area contributed by atoms with E-state index in [4.69, 9.17) is 11.6 Å². The molecule has 0 aliphatic heterocycles. The molecule has 1 aliphatic rings. The molecule has 3 rings (SSSR count). The van der Waals surface area contributed by atoms with E-state index in [9.17, 15) is 9.59 Å². The van der Waals surface area contributed by atoms with Crippen LogP contribution in [0.4, 0.5) is 0 Å². The first-order valence-corrected chi connectivity index (χ1v) is 7.49. The van der Waals surface area contributed by atoms with Gasteiger partial charge < -0.3 is 0 Å². The first-order chi connectivity index (χ1) is 10.6. The van der Waals surface area contributed by atoms with Crippen molar-refractivity contribution in [1.82, 2.24) is 10.9 Å². The molecule has 2 aromatic rings. The number of halogens is 1. The van der Waals surface area contributed by atoms with Crippen molar-refractivity contribution < 1.29 is 9.59 Å². The number of hydrazine groups is 1. The van der Waals surface area contributed by atoms with E-state index in [0.717, 1.165) is 19.3 Å². The minimum Gasteiger partial charge on any atom is -0.267 e. The Labute approximate surface area is 133 Å². The number of fused-ring (bicyclic) bond motifs is 1. The molecule has 0 atom stereocenters. The third-order valence-corrected chi connectivity index (χ3v) is 3.97. The van der Waals surface area contributed by atoms with Crippen LogP contribution in [-0.4, -0.2) is 11.8 Å². The van der Waals surface area contributed by atoms with Gasteiger partial charge in [0.25, 0.3) is 11.8 Å². The van der Waals surface area contributed by atoms with Crippen LogP contribution in [-0.2, 0) is 12.8 Å². The van der Waals surface area contributed by atoms with Gasteiger partial charge in [-0.25, -0.2) is 0 Å². The predicted molar refractivity (Wildman–Crippen MR) is 84.9 cm³/mol. The van der Waals surface area contributed by atoms with Crippen LogP contribution >= 0.6 is 11.6 Å². The molecule has 0 unspecified atom stereocenters. The first-order valence-electron chi connectivity index (χ1n) is 7.11. The van der Waals surface area contributed by atoms with Crippen molar-refractivity contribution in [1.29, 1.82) is 0 Å². The zero-order chi connectivity index (χ0) is 15.5. The normalized spacial score (nSPS) is 12.6. The van der Waals surface area contributed by atoms with Gasteiger partial charge >= 0.3 is 0 Å². The van der Waals surface area contributed by atoms with Crippen LogP contribution in [0.3, 0.4) is 0 Å². The fraction of sp³-hybridized carbons (Fsp3) is 0.176. The molecule has 0 radical (unpaired) electrons. The molecule has 2 aromatic carbocycles. The van der Waals surface area contributed by atoms with Crippen molar-refractivity contribution in [3.63, 3.8) is 0 Å². The van der Waals surface area contributed by atoms with E-state index in [1.54, 1.807) is 30.3 Å². The monoisotopic (exact) mass is 314 g/mol. The zero-order valence-corrected chi connectivity index (χ0v) is 12.6. The van der Waals surface area contributed by atoms with E-state index in [1.165, 1.54) is 11.1 Å². The molecule has 5 heteroatoms. The molecule has 0 bridgehead atoms. The van der Waals surface area contributed by atoms with Gasteiger partial charge in [0, 0.05) is 16.1 Å². The maximum absolute atomic E-state index is 12.1. The lowest BCUT2D eigenvalue weighted by molar-refractivity contribution is 0.0846. The van der Waals surface area contributed by atoms with E-state index >= 15 is 0 Å². The molecule has 0 spiro atoms. The fourth-order valence-corrected chi connectivity index (χ4v) is 2.79. The summed E-state index contributed by atoms with van der Waals surface area (Å²) in [5.74, 6) is -0.734. The molecule has 2 N–H and O–H groups in total. The SMILES string of the molecule is O=C(NNC(=O)c1ccc2c(c1)CCC2)c1cccc(Cl)c1. The highest BCUT2D eigenvalue weighted by molar-refractivity contribution is 6.30. The highest BCUT2D eigenvalue weighted by Crippen LogP contribution is 2.22. The molecule has 0 saturated carbocycles. The first kappa shape index (κ1) is 14.6. The Balaban J connectivity index is 1.64. The quantitative estimate of drug-likeness (QED) is 0.837. The summed E-state index contributed by atoms with van der Waals surface area (Å²) in [5, 5.41) is 0.470. The summed E-state index contributed by atoms with van der Waals surface area (Å²) in [4.78, 5) is 24.0. The maximum Gasteiger partial charge on any atom is 0.269 e. The molecule has 0 heterocycles. The topological polar surface area (TPSA) is 58.2 Å². The summed E-state index contributed by atoms with van der Waals surface area (Å²) in [6.07, 6.45) is 3.21. The standard InChI is InChI=1S/C17H15ClN2O2/c18-15-6-2-5-13(10-15)16(21)19-20-17(22)14-8-7-11-3-1-4-12(11)9-14/h2,5-10H,1,3-4H2,(H,19,21)(H,20,22). The Morgan fingerprint density at radius 1 is 0.864 bits per heavy atom. The van der Waals surface area contributed by atoms with Crippen molar-refractivity contribution >= 4 is 23.4 Å². The highest BCUT2D eigenvalue weighted by Gasteiger charge is 2.14. The number of hydrogen-bond acceptors (Lipinski definition) is 2. The molecule has 22 heavy (non-hydrogen) atoms. The molecular formula is C17H15ClN2O2. The van der Waals surface area contributed by atoms with Crippen molar-refractivity contribution in [2.45, 2.75) is 19.3 Å². The van der Waals surface area contributed by atoms with E-state index in [1.807, 2.05) is 12.1 Å². The molecule has 0 fully saturated rings. The minimum atomic E-state index is -0.406. The van der Waals surface area contributed by atoms with Gasteiger partial charge in [-0.05, 0) is 60.7 Å². The summed E-state index contributed by atoms with van der Waals surface area (Å²) < 4.78 is 0. The molecule has 2 amide bonds. The van der Waals surface area contributed by atoms with Gasteiger partial charge in [0.1, 0.15) is 0 Å². The van der Waals surface area contributed by atoms with Crippen molar-refractivity contribution in [2.24, 2.45) is 0 Å². The van der Waals surface area contributed by atoms with Crippen LogP contribution in [0.1, 0.15) is 38.3 Å². The predicted octanol–water partition coefficient (Wildman–Crippen LogP) is 2.90. The Kier molecular flexibility index (Phi) is 4.11. The number of benzene rings is 2. The number of amides is 2. The molecule has 1 aliphatic carbocycles. The third-order valence-electron chi connectivity index (χ3n) is 3.74. The van der Waals surface area contributed by atoms with E-state index in [2.05, 4.69) is 10.9 Å². The van der Waals surface area contributed by atoms with E-state index < -0.39 is 5.91 Å². The Bertz CT molecular complexity index is 743. The van der Waals surface area contributed by atoms with Crippen LogP contribution < -0.4 is 10.9 Å². The minimum absolute atomic E-state index is 0.329. The van der Waals surface area contributed by atoms with Crippen molar-refractivity contribution in [2.75, 3.05) is 0 Å². The number of aryl methyl sites for hydroxylation is 2. The summed E-state index contributed by atoms with van der Waals surface area (Å²) in [6, 6.07) is 12.2. The Morgan fingerprint density at radius 2 is 1.55 bits per heavy atom. The molecule has 0 saturated heterocycles. The largest absolute Gasteiger partial charge is 0.269 e. The van der Waals surface area contributed by atoms with Crippen molar-refractivity contribution in [3.05, 3.63) is 69.7 Å². The van der Waals surface area contributed by atoms with Crippen LogP contribution in [0.25, 0.3) is 0 Å². The highest BCUT2D eigenvalue weighted by atomic mass is 35.5. The van der Waals surface area contributed by atoms with E-state index in [-0.39, 0.29) is 5.91 Å². The lowest BCUT2D eigenvalue weighted by Crippen LogP contribution is -2.41. The zero-order valence-electron chi connectivity index (χ0n) is 11.9. The molecule has 4 nitrogen and oxygen atoms in total. The number of rotatable bonds is 2. The number of hydrogen-bond donors (Lipinski definition) is 2. The van der Waals surface area contributed by atoms with Gasteiger partial charge in [-0.2, -0.15) is 0 Å². The second kappa shape index (κ2) is 6.20. The number of nitrogens with one attached hydrogen (secondary N) is 2. The summed E-state index contributed by atoms with van der Waals surface area (Å²) in [6.45, 7) is 0. The summed E-state index contributed by atoms with van der Waals surface area (Å²) in [5.41, 5.74) is 8.28. The number of carbonyl (C=O) groups is 2. The average molecular weight is 315 g/mol. The summed E-state index contributed by atoms with van der Waals surface area (Å²) >= 11 is 5.83. The van der Waals surface area contributed by atoms with Crippen LogP contribution in [0.2, 0.25) is 5.02 Å². The van der Waals surface area contributed by atoms with Gasteiger partial charge in [0.05, 0.1) is 0 Å². The lowest BCUT2D eigenvalue weighted by Gasteiger charge is -2.09. The Morgan fingerprint density at radius 3 is 2.27 bits per heavy atom. The fourth-order valence-electron chi connectivity index (χ4n) is 2.60. The van der Waals surface area contributed by atoms with Crippen LogP contribution in [0.5, 0.6) is 0 Å². The smallest absolute Gasteiger partial charge is 0.267 e. The van der Waals surface area contributed by atoms with Gasteiger partial charge in [0.15, 0.2) is 0 Å². The summed E-state index contributed by atoms with van der Waals surface area (Å²) in [7, 11) is 0. The maximum atomic E-state index is 12.1.